The van der Waals surface area contributed by atoms with Crippen molar-refractivity contribution in [3.05, 3.63) is 58.1 Å². The molecule has 0 aliphatic heterocycles. The van der Waals surface area contributed by atoms with Crippen LogP contribution in [0.3, 0.4) is 0 Å². The summed E-state index contributed by atoms with van der Waals surface area (Å²) in [6, 6.07) is 8.92. The van der Waals surface area contributed by atoms with Crippen molar-refractivity contribution >= 4 is 29.5 Å². The summed E-state index contributed by atoms with van der Waals surface area (Å²) in [5.41, 5.74) is 4.87. The molecule has 3 aromatic rings. The number of nitrogens with zero attached hydrogens (tertiary/aromatic N) is 5. The Morgan fingerprint density at radius 2 is 2.00 bits per heavy atom. The Morgan fingerprint density at radius 1 is 1.26 bits per heavy atom. The minimum atomic E-state index is -0.502. The summed E-state index contributed by atoms with van der Waals surface area (Å²) < 4.78 is 1.52. The fourth-order valence-electron chi connectivity index (χ4n) is 2.03. The van der Waals surface area contributed by atoms with Crippen LogP contribution in [0.2, 0.25) is 5.02 Å². The third-order valence-electron chi connectivity index (χ3n) is 3.07. The highest BCUT2D eigenvalue weighted by Gasteiger charge is 2.14. The monoisotopic (exact) mass is 328 g/mol. The third-order valence-corrected chi connectivity index (χ3v) is 3.32. The van der Waals surface area contributed by atoms with Gasteiger partial charge in [-0.2, -0.15) is 10.1 Å². The molecule has 1 amide bonds. The number of hydrogen-bond donors (Lipinski definition) is 1. The summed E-state index contributed by atoms with van der Waals surface area (Å²) in [5.74, 6) is -0.105. The number of halogens is 1. The molecular weight excluding hydrogens is 316 g/mol. The lowest BCUT2D eigenvalue weighted by atomic mass is 10.2. The van der Waals surface area contributed by atoms with E-state index in [1.807, 2.05) is 19.9 Å². The first kappa shape index (κ1) is 15.1. The maximum atomic E-state index is 12.0. The van der Waals surface area contributed by atoms with Gasteiger partial charge in [0.25, 0.3) is 5.78 Å². The fourth-order valence-corrected chi connectivity index (χ4v) is 2.15. The molecule has 23 heavy (non-hydrogen) atoms. The molecule has 0 saturated carbocycles. The van der Waals surface area contributed by atoms with Gasteiger partial charge in [-0.3, -0.25) is 4.79 Å². The minimum absolute atomic E-state index is 0.0134. The fraction of sp³-hybridized carbons (Fsp3) is 0.133. The van der Waals surface area contributed by atoms with Crippen LogP contribution in [0.4, 0.5) is 0 Å². The van der Waals surface area contributed by atoms with Gasteiger partial charge in [0.05, 0.1) is 6.21 Å². The molecule has 8 heteroatoms. The van der Waals surface area contributed by atoms with Gasteiger partial charge in [-0.1, -0.05) is 23.7 Å². The summed E-state index contributed by atoms with van der Waals surface area (Å²) in [6.07, 6.45) is 1.51. The number of nitrogens with one attached hydrogen (secondary N) is 1. The lowest BCUT2D eigenvalue weighted by molar-refractivity contribution is 0.0945. The molecule has 0 bridgehead atoms. The average Bonchev–Trinajstić information content (AvgIpc) is 2.93. The van der Waals surface area contributed by atoms with E-state index in [2.05, 4.69) is 25.6 Å². The number of hydrogen-bond acceptors (Lipinski definition) is 5. The summed E-state index contributed by atoms with van der Waals surface area (Å²) >= 11 is 5.80. The van der Waals surface area contributed by atoms with Gasteiger partial charge in [-0.15, -0.1) is 5.10 Å². The molecule has 1 N–H and O–H groups in total. The number of benzene rings is 1. The molecule has 2 heterocycles. The predicted octanol–water partition coefficient (Wildman–Crippen LogP) is 2.16. The molecule has 0 atom stereocenters. The molecule has 0 fully saturated rings. The Labute approximate surface area is 137 Å². The van der Waals surface area contributed by atoms with Crippen LogP contribution < -0.4 is 5.43 Å². The van der Waals surface area contributed by atoms with Crippen LogP contribution in [0.5, 0.6) is 0 Å². The predicted molar refractivity (Wildman–Crippen MR) is 86.8 cm³/mol. The molecule has 116 valence electrons. The molecule has 1 aromatic carbocycles. The first-order chi connectivity index (χ1) is 11.0. The molecule has 3 rings (SSSR count). The van der Waals surface area contributed by atoms with Crippen LogP contribution in [0.15, 0.2) is 35.4 Å². The van der Waals surface area contributed by atoms with Crippen LogP contribution in [0.25, 0.3) is 5.78 Å². The van der Waals surface area contributed by atoms with Gasteiger partial charge in [0, 0.05) is 16.4 Å². The molecule has 0 saturated heterocycles. The lowest BCUT2D eigenvalue weighted by Crippen LogP contribution is -2.19. The smallest absolute Gasteiger partial charge is 0.264 e. The second kappa shape index (κ2) is 6.13. The van der Waals surface area contributed by atoms with Crippen LogP contribution in [0.1, 0.15) is 27.6 Å². The molecule has 2 aromatic heterocycles. The number of aromatic nitrogens is 4. The molecule has 0 radical (unpaired) electrons. The van der Waals surface area contributed by atoms with Crippen molar-refractivity contribution in [3.8, 4) is 0 Å². The molecule has 0 unspecified atom stereocenters. The Morgan fingerprint density at radius 3 is 2.74 bits per heavy atom. The largest absolute Gasteiger partial charge is 0.311 e. The standard InChI is InChI=1S/C15H13ClN6O/c1-9-7-10(2)22-15(18-9)19-13(21-22)14(23)20-17-8-11-3-5-12(16)6-4-11/h3-8H,1-2H3,(H,20,23). The zero-order valence-corrected chi connectivity index (χ0v) is 13.2. The molecule has 0 aliphatic rings. The van der Waals surface area contributed by atoms with Crippen LogP contribution in [0, 0.1) is 13.8 Å². The third kappa shape index (κ3) is 3.35. The molecule has 0 spiro atoms. The highest BCUT2D eigenvalue weighted by atomic mass is 35.5. The van der Waals surface area contributed by atoms with E-state index in [1.165, 1.54) is 10.7 Å². The summed E-state index contributed by atoms with van der Waals surface area (Å²) in [6.45, 7) is 3.73. The van der Waals surface area contributed by atoms with E-state index in [0.717, 1.165) is 17.0 Å². The SMILES string of the molecule is Cc1cc(C)n2nc(C(=O)NN=Cc3ccc(Cl)cc3)nc2n1. The summed E-state index contributed by atoms with van der Waals surface area (Å²) in [4.78, 5) is 20.4. The van der Waals surface area contributed by atoms with E-state index < -0.39 is 5.91 Å². The lowest BCUT2D eigenvalue weighted by Gasteiger charge is -1.97. The molecular formula is C15H13ClN6O. The zero-order valence-electron chi connectivity index (χ0n) is 12.5. The first-order valence-corrected chi connectivity index (χ1v) is 7.21. The van der Waals surface area contributed by atoms with Crippen molar-refractivity contribution in [2.75, 3.05) is 0 Å². The van der Waals surface area contributed by atoms with Crippen molar-refractivity contribution in [2.24, 2.45) is 5.10 Å². The van der Waals surface area contributed by atoms with E-state index >= 15 is 0 Å². The summed E-state index contributed by atoms with van der Waals surface area (Å²) in [7, 11) is 0. The van der Waals surface area contributed by atoms with Gasteiger partial charge < -0.3 is 0 Å². The second-order valence-electron chi connectivity index (χ2n) is 4.94. The number of amides is 1. The van der Waals surface area contributed by atoms with Crippen molar-refractivity contribution in [1.29, 1.82) is 0 Å². The molecule has 7 nitrogen and oxygen atoms in total. The van der Waals surface area contributed by atoms with Crippen LogP contribution in [-0.2, 0) is 0 Å². The number of fused-ring (bicyclic) bond motifs is 1. The van der Waals surface area contributed by atoms with Gasteiger partial charge in [-0.05, 0) is 37.6 Å². The zero-order chi connectivity index (χ0) is 16.4. The van der Waals surface area contributed by atoms with E-state index in [0.29, 0.717) is 10.8 Å². The maximum Gasteiger partial charge on any atom is 0.311 e. The normalized spacial score (nSPS) is 11.3. The number of carbonyl (C=O) groups is 1. The Kier molecular flexibility index (Phi) is 4.03. The summed E-state index contributed by atoms with van der Waals surface area (Å²) in [5, 5.41) is 8.65. The number of hydrazone groups is 1. The topological polar surface area (TPSA) is 84.5 Å². The van der Waals surface area contributed by atoms with Gasteiger partial charge in [0.15, 0.2) is 0 Å². The Bertz CT molecular complexity index is 900. The number of aryl methyl sites for hydroxylation is 2. The second-order valence-corrected chi connectivity index (χ2v) is 5.37. The van der Waals surface area contributed by atoms with Crippen molar-refractivity contribution in [1.82, 2.24) is 25.0 Å². The highest BCUT2D eigenvalue weighted by Crippen LogP contribution is 2.08. The Balaban J connectivity index is 1.75. The highest BCUT2D eigenvalue weighted by molar-refractivity contribution is 6.30. The van der Waals surface area contributed by atoms with Crippen molar-refractivity contribution in [3.63, 3.8) is 0 Å². The van der Waals surface area contributed by atoms with Crippen LogP contribution in [-0.4, -0.2) is 31.7 Å². The van der Waals surface area contributed by atoms with Crippen molar-refractivity contribution in [2.45, 2.75) is 13.8 Å². The van der Waals surface area contributed by atoms with Crippen LogP contribution >= 0.6 is 11.6 Å². The van der Waals surface area contributed by atoms with Gasteiger partial charge >= 0.3 is 5.91 Å². The number of rotatable bonds is 3. The van der Waals surface area contributed by atoms with Crippen molar-refractivity contribution < 1.29 is 4.79 Å². The first-order valence-electron chi connectivity index (χ1n) is 6.83. The average molecular weight is 329 g/mol. The van der Waals surface area contributed by atoms with E-state index in [-0.39, 0.29) is 5.82 Å². The minimum Gasteiger partial charge on any atom is -0.264 e. The quantitative estimate of drug-likeness (QED) is 0.590. The number of carbonyl (C=O) groups excluding carboxylic acids is 1. The van der Waals surface area contributed by atoms with Gasteiger partial charge in [0.1, 0.15) is 0 Å². The van der Waals surface area contributed by atoms with Gasteiger partial charge in [0.2, 0.25) is 5.82 Å². The van der Waals surface area contributed by atoms with Gasteiger partial charge in [-0.25, -0.2) is 14.9 Å². The van der Waals surface area contributed by atoms with E-state index in [9.17, 15) is 4.79 Å². The Hall–Kier alpha value is -2.80. The van der Waals surface area contributed by atoms with E-state index in [1.54, 1.807) is 24.3 Å². The molecule has 0 aliphatic carbocycles. The maximum absolute atomic E-state index is 12.0. The van der Waals surface area contributed by atoms with E-state index in [4.69, 9.17) is 11.6 Å².